The molecule has 2 aliphatic rings. The van der Waals surface area contributed by atoms with Crippen LogP contribution in [0, 0.1) is 0 Å². The number of thiazole rings is 1. The van der Waals surface area contributed by atoms with E-state index in [1.807, 2.05) is 16.3 Å². The van der Waals surface area contributed by atoms with Gasteiger partial charge in [-0.2, -0.15) is 0 Å². The second-order valence-corrected chi connectivity index (χ2v) is 7.93. The van der Waals surface area contributed by atoms with Crippen LogP contribution in [0.1, 0.15) is 24.1 Å². The number of nitrogens with zero attached hydrogens (tertiary/aromatic N) is 4. The monoisotopic (exact) mass is 384 g/mol. The number of piperazine rings is 1. The lowest BCUT2D eigenvalue weighted by Crippen LogP contribution is -2.48. The molecule has 142 valence electrons. The molecule has 0 unspecified atom stereocenters. The fourth-order valence-corrected chi connectivity index (χ4v) is 4.48. The molecule has 27 heavy (non-hydrogen) atoms. The summed E-state index contributed by atoms with van der Waals surface area (Å²) < 4.78 is 0. The Bertz CT molecular complexity index is 799. The molecule has 0 atom stereocenters. The van der Waals surface area contributed by atoms with Gasteiger partial charge in [-0.3, -0.25) is 19.4 Å². The first-order chi connectivity index (χ1) is 13.2. The first kappa shape index (κ1) is 18.1. The van der Waals surface area contributed by atoms with Crippen LogP contribution >= 0.6 is 11.3 Å². The molecular formula is C20H24N4O2S. The molecule has 6 nitrogen and oxygen atoms in total. The summed E-state index contributed by atoms with van der Waals surface area (Å²) in [6.07, 6.45) is 1.80. The van der Waals surface area contributed by atoms with Crippen LogP contribution in [0.5, 0.6) is 0 Å². The largest absolute Gasteiger partial charge is 0.340 e. The molecule has 2 aromatic rings. The summed E-state index contributed by atoms with van der Waals surface area (Å²) in [5.41, 5.74) is 2.08. The van der Waals surface area contributed by atoms with Gasteiger partial charge in [0, 0.05) is 51.1 Å². The molecule has 2 amide bonds. The van der Waals surface area contributed by atoms with Crippen molar-refractivity contribution in [2.24, 2.45) is 0 Å². The highest BCUT2D eigenvalue weighted by atomic mass is 32.1. The Hall–Kier alpha value is -2.25. The molecule has 7 heteroatoms. The van der Waals surface area contributed by atoms with Crippen LogP contribution in [0.15, 0.2) is 35.7 Å². The average Bonchev–Trinajstić information content (AvgIpc) is 3.32. The van der Waals surface area contributed by atoms with Crippen molar-refractivity contribution in [1.29, 1.82) is 0 Å². The third kappa shape index (κ3) is 4.36. The van der Waals surface area contributed by atoms with E-state index in [0.29, 0.717) is 12.8 Å². The number of carbonyl (C=O) groups is 2. The average molecular weight is 385 g/mol. The minimum atomic E-state index is 0.124. The van der Waals surface area contributed by atoms with Gasteiger partial charge in [-0.25, -0.2) is 4.98 Å². The Morgan fingerprint density at radius 3 is 2.56 bits per heavy atom. The zero-order valence-electron chi connectivity index (χ0n) is 15.3. The minimum absolute atomic E-state index is 0.124. The Labute approximate surface area is 163 Å². The Balaban J connectivity index is 1.27. The number of hydrogen-bond acceptors (Lipinski definition) is 5. The predicted molar refractivity (Wildman–Crippen MR) is 106 cm³/mol. The maximum Gasteiger partial charge on any atom is 0.228 e. The molecule has 0 bridgehead atoms. The van der Waals surface area contributed by atoms with Gasteiger partial charge >= 0.3 is 0 Å². The molecule has 0 spiro atoms. The Morgan fingerprint density at radius 2 is 1.85 bits per heavy atom. The van der Waals surface area contributed by atoms with Crippen molar-refractivity contribution in [3.63, 3.8) is 0 Å². The van der Waals surface area contributed by atoms with E-state index in [1.54, 1.807) is 4.90 Å². The van der Waals surface area contributed by atoms with Crippen LogP contribution in [0.2, 0.25) is 0 Å². The molecule has 1 aromatic carbocycles. The third-order valence-electron chi connectivity index (χ3n) is 5.15. The maximum absolute atomic E-state index is 12.6. The summed E-state index contributed by atoms with van der Waals surface area (Å²) in [6, 6.07) is 10.4. The van der Waals surface area contributed by atoms with Crippen LogP contribution in [-0.4, -0.2) is 59.3 Å². The summed E-state index contributed by atoms with van der Waals surface area (Å²) in [5, 5.41) is 2.64. The zero-order chi connectivity index (χ0) is 18.6. The fourth-order valence-electron chi connectivity index (χ4n) is 3.62. The van der Waals surface area contributed by atoms with Crippen molar-refractivity contribution in [2.75, 3.05) is 37.6 Å². The Kier molecular flexibility index (Phi) is 5.50. The van der Waals surface area contributed by atoms with Gasteiger partial charge in [-0.15, -0.1) is 11.3 Å². The van der Waals surface area contributed by atoms with Gasteiger partial charge in [0.25, 0.3) is 0 Å². The van der Waals surface area contributed by atoms with E-state index in [4.69, 9.17) is 0 Å². The number of aromatic nitrogens is 1. The predicted octanol–water partition coefficient (Wildman–Crippen LogP) is 2.16. The van der Waals surface area contributed by atoms with Crippen molar-refractivity contribution >= 4 is 28.3 Å². The summed E-state index contributed by atoms with van der Waals surface area (Å²) >= 11 is 1.46. The van der Waals surface area contributed by atoms with Crippen molar-refractivity contribution in [1.82, 2.24) is 14.8 Å². The first-order valence-electron chi connectivity index (χ1n) is 9.48. The van der Waals surface area contributed by atoms with Gasteiger partial charge in [0.1, 0.15) is 0 Å². The fraction of sp³-hybridized carbons (Fsp3) is 0.450. The lowest BCUT2D eigenvalue weighted by molar-refractivity contribution is -0.132. The minimum Gasteiger partial charge on any atom is -0.340 e. The van der Waals surface area contributed by atoms with Crippen LogP contribution in [0.3, 0.4) is 0 Å². The molecule has 4 rings (SSSR count). The van der Waals surface area contributed by atoms with Gasteiger partial charge in [0.05, 0.1) is 12.1 Å². The number of anilines is 1. The molecule has 2 saturated heterocycles. The van der Waals surface area contributed by atoms with Crippen LogP contribution in [-0.2, 0) is 22.6 Å². The molecule has 2 aliphatic heterocycles. The zero-order valence-corrected chi connectivity index (χ0v) is 16.2. The highest BCUT2D eigenvalue weighted by molar-refractivity contribution is 7.14. The maximum atomic E-state index is 12.6. The van der Waals surface area contributed by atoms with Gasteiger partial charge in [0.15, 0.2) is 5.13 Å². The third-order valence-corrected chi connectivity index (χ3v) is 6.06. The summed E-state index contributed by atoms with van der Waals surface area (Å²) in [6.45, 7) is 4.97. The summed E-state index contributed by atoms with van der Waals surface area (Å²) in [4.78, 5) is 35.0. The van der Waals surface area contributed by atoms with E-state index in [1.165, 1.54) is 16.9 Å². The van der Waals surface area contributed by atoms with E-state index in [2.05, 4.69) is 34.1 Å². The van der Waals surface area contributed by atoms with Crippen molar-refractivity contribution in [3.8, 4) is 0 Å². The number of amides is 2. The van der Waals surface area contributed by atoms with E-state index in [-0.39, 0.29) is 11.8 Å². The highest BCUT2D eigenvalue weighted by Crippen LogP contribution is 2.25. The van der Waals surface area contributed by atoms with E-state index in [9.17, 15) is 9.59 Å². The second-order valence-electron chi connectivity index (χ2n) is 7.09. The topological polar surface area (TPSA) is 56.8 Å². The standard InChI is InChI=1S/C20H24N4O2S/c25-18-7-4-8-24(18)20-21-17(15-27-20)13-19(26)23-11-9-22(10-12-23)14-16-5-2-1-3-6-16/h1-3,5-6,15H,4,7-14H2. The first-order valence-corrected chi connectivity index (χ1v) is 10.4. The van der Waals surface area contributed by atoms with Gasteiger partial charge < -0.3 is 4.90 Å². The summed E-state index contributed by atoms with van der Waals surface area (Å²) in [5.74, 6) is 0.260. The Morgan fingerprint density at radius 1 is 1.07 bits per heavy atom. The molecule has 0 saturated carbocycles. The van der Waals surface area contributed by atoms with Gasteiger partial charge in [0.2, 0.25) is 11.8 Å². The normalized spacial score (nSPS) is 18.3. The molecule has 1 aromatic heterocycles. The van der Waals surface area contributed by atoms with Crippen molar-refractivity contribution in [2.45, 2.75) is 25.8 Å². The lowest BCUT2D eigenvalue weighted by atomic mass is 10.2. The quantitative estimate of drug-likeness (QED) is 0.793. The summed E-state index contributed by atoms with van der Waals surface area (Å²) in [7, 11) is 0. The molecular weight excluding hydrogens is 360 g/mol. The molecule has 0 aliphatic carbocycles. The van der Waals surface area contributed by atoms with E-state index in [0.717, 1.165) is 56.5 Å². The number of rotatable bonds is 5. The number of hydrogen-bond donors (Lipinski definition) is 0. The SMILES string of the molecule is O=C(Cc1csc(N2CCCC2=O)n1)N1CCN(Cc2ccccc2)CC1. The highest BCUT2D eigenvalue weighted by Gasteiger charge is 2.25. The number of carbonyl (C=O) groups excluding carboxylic acids is 2. The van der Waals surface area contributed by atoms with Crippen LogP contribution < -0.4 is 4.90 Å². The van der Waals surface area contributed by atoms with Crippen molar-refractivity contribution < 1.29 is 9.59 Å². The molecule has 2 fully saturated rings. The van der Waals surface area contributed by atoms with Crippen LogP contribution in [0.4, 0.5) is 5.13 Å². The van der Waals surface area contributed by atoms with Crippen LogP contribution in [0.25, 0.3) is 0 Å². The van der Waals surface area contributed by atoms with E-state index < -0.39 is 0 Å². The lowest BCUT2D eigenvalue weighted by Gasteiger charge is -2.34. The van der Waals surface area contributed by atoms with Gasteiger partial charge in [-0.05, 0) is 12.0 Å². The molecule has 3 heterocycles. The molecule has 0 radical (unpaired) electrons. The van der Waals surface area contributed by atoms with E-state index >= 15 is 0 Å². The second kappa shape index (κ2) is 8.19. The smallest absolute Gasteiger partial charge is 0.228 e. The molecule has 0 N–H and O–H groups in total. The van der Waals surface area contributed by atoms with Crippen molar-refractivity contribution in [3.05, 3.63) is 47.0 Å². The number of benzene rings is 1. The van der Waals surface area contributed by atoms with Gasteiger partial charge in [-0.1, -0.05) is 30.3 Å².